The number of hydrogen-bond acceptors (Lipinski definition) is 2. The van der Waals surface area contributed by atoms with Gasteiger partial charge in [0.1, 0.15) is 0 Å². The smallest absolute Gasteiger partial charge is 0.0368 e. The average molecular weight is 260 g/mol. The number of nitrogens with two attached hydrogens (primary N) is 1. The normalized spacial score (nSPS) is 17.6. The summed E-state index contributed by atoms with van der Waals surface area (Å²) in [7, 11) is 0. The van der Waals surface area contributed by atoms with E-state index in [0.29, 0.717) is 6.04 Å². The first-order valence-electron chi connectivity index (χ1n) is 7.85. The van der Waals surface area contributed by atoms with Gasteiger partial charge >= 0.3 is 0 Å². The lowest BCUT2D eigenvalue weighted by Gasteiger charge is -2.30. The van der Waals surface area contributed by atoms with Gasteiger partial charge < -0.3 is 10.6 Å². The lowest BCUT2D eigenvalue weighted by atomic mass is 10.0. The Bertz CT molecular complexity index is 365. The van der Waals surface area contributed by atoms with Gasteiger partial charge in [-0.3, -0.25) is 0 Å². The van der Waals surface area contributed by atoms with Crippen molar-refractivity contribution >= 4 is 5.69 Å². The molecule has 0 spiro atoms. The molecule has 1 aliphatic rings. The summed E-state index contributed by atoms with van der Waals surface area (Å²) in [5.74, 6) is 0. The third-order valence-corrected chi connectivity index (χ3v) is 4.40. The van der Waals surface area contributed by atoms with E-state index in [0.717, 1.165) is 25.4 Å². The topological polar surface area (TPSA) is 29.3 Å². The molecule has 1 aromatic carbocycles. The maximum atomic E-state index is 6.02. The first kappa shape index (κ1) is 14.4. The van der Waals surface area contributed by atoms with E-state index in [-0.39, 0.29) is 0 Å². The van der Waals surface area contributed by atoms with Crippen molar-refractivity contribution in [3.05, 3.63) is 29.8 Å². The molecule has 2 N–H and O–H groups in total. The van der Waals surface area contributed by atoms with E-state index in [1.165, 1.54) is 36.9 Å². The van der Waals surface area contributed by atoms with E-state index < -0.39 is 0 Å². The first-order valence-corrected chi connectivity index (χ1v) is 7.85. The van der Waals surface area contributed by atoms with E-state index in [1.807, 2.05) is 0 Å². The van der Waals surface area contributed by atoms with Gasteiger partial charge in [0, 0.05) is 24.3 Å². The van der Waals surface area contributed by atoms with Crippen molar-refractivity contribution in [3.8, 4) is 0 Å². The van der Waals surface area contributed by atoms with E-state index >= 15 is 0 Å². The van der Waals surface area contributed by atoms with Crippen LogP contribution in [0.2, 0.25) is 0 Å². The second kappa shape index (κ2) is 6.95. The van der Waals surface area contributed by atoms with Gasteiger partial charge in [0.2, 0.25) is 0 Å². The molecule has 19 heavy (non-hydrogen) atoms. The van der Waals surface area contributed by atoms with Crippen LogP contribution in [0.5, 0.6) is 0 Å². The zero-order valence-corrected chi connectivity index (χ0v) is 12.4. The van der Waals surface area contributed by atoms with Crippen LogP contribution in [0.25, 0.3) is 0 Å². The number of nitrogens with zero attached hydrogens (tertiary/aromatic N) is 1. The van der Waals surface area contributed by atoms with Crippen LogP contribution in [0, 0.1) is 0 Å². The third-order valence-electron chi connectivity index (χ3n) is 4.40. The van der Waals surface area contributed by atoms with Crippen LogP contribution in [-0.4, -0.2) is 18.6 Å². The van der Waals surface area contributed by atoms with Crippen LogP contribution in [-0.2, 0) is 6.42 Å². The number of benzene rings is 1. The Labute approximate surface area is 118 Å². The molecular weight excluding hydrogens is 232 g/mol. The highest BCUT2D eigenvalue weighted by Gasteiger charge is 2.21. The maximum absolute atomic E-state index is 6.02. The highest BCUT2D eigenvalue weighted by atomic mass is 15.2. The molecule has 1 atom stereocenters. The second-order valence-corrected chi connectivity index (χ2v) is 5.76. The summed E-state index contributed by atoms with van der Waals surface area (Å²) in [5, 5.41) is 0. The van der Waals surface area contributed by atoms with Crippen LogP contribution in [0.4, 0.5) is 5.69 Å². The van der Waals surface area contributed by atoms with Crippen molar-refractivity contribution in [2.75, 3.05) is 11.4 Å². The first-order chi connectivity index (χ1) is 9.24. The Hall–Kier alpha value is -1.02. The molecule has 0 amide bonds. The van der Waals surface area contributed by atoms with E-state index in [1.54, 1.807) is 0 Å². The summed E-state index contributed by atoms with van der Waals surface area (Å²) in [6, 6.07) is 10.1. The lowest BCUT2D eigenvalue weighted by molar-refractivity contribution is 0.619. The van der Waals surface area contributed by atoms with Crippen molar-refractivity contribution < 1.29 is 0 Å². The number of anilines is 1. The Balaban J connectivity index is 2.03. The van der Waals surface area contributed by atoms with E-state index in [2.05, 4.69) is 43.0 Å². The van der Waals surface area contributed by atoms with Crippen LogP contribution >= 0.6 is 0 Å². The summed E-state index contributed by atoms with van der Waals surface area (Å²) in [5.41, 5.74) is 8.76. The summed E-state index contributed by atoms with van der Waals surface area (Å²) in [6.07, 6.45) is 7.54. The predicted octanol–water partition coefficient (Wildman–Crippen LogP) is 3.74. The number of rotatable bonds is 6. The third kappa shape index (κ3) is 3.73. The van der Waals surface area contributed by atoms with Crippen molar-refractivity contribution in [2.24, 2.45) is 5.73 Å². The molecule has 2 rings (SSSR count). The molecule has 1 aliphatic carbocycles. The summed E-state index contributed by atoms with van der Waals surface area (Å²) < 4.78 is 0. The Kier molecular flexibility index (Phi) is 5.26. The van der Waals surface area contributed by atoms with Crippen molar-refractivity contribution in [2.45, 2.75) is 64.5 Å². The summed E-state index contributed by atoms with van der Waals surface area (Å²) >= 11 is 0. The zero-order chi connectivity index (χ0) is 13.7. The highest BCUT2D eigenvalue weighted by Crippen LogP contribution is 2.28. The molecule has 2 heteroatoms. The summed E-state index contributed by atoms with van der Waals surface area (Å²) in [4.78, 5) is 2.57. The summed E-state index contributed by atoms with van der Waals surface area (Å²) in [6.45, 7) is 5.52. The fourth-order valence-corrected chi connectivity index (χ4v) is 3.14. The second-order valence-electron chi connectivity index (χ2n) is 5.76. The van der Waals surface area contributed by atoms with Crippen LogP contribution in [0.15, 0.2) is 24.3 Å². The van der Waals surface area contributed by atoms with Gasteiger partial charge in [-0.25, -0.2) is 0 Å². The Morgan fingerprint density at radius 2 is 1.79 bits per heavy atom. The van der Waals surface area contributed by atoms with Crippen LogP contribution in [0.1, 0.15) is 51.5 Å². The minimum atomic E-state index is 0.294. The molecule has 1 saturated carbocycles. The molecule has 0 aromatic heterocycles. The largest absolute Gasteiger partial charge is 0.369 e. The van der Waals surface area contributed by atoms with E-state index in [9.17, 15) is 0 Å². The highest BCUT2D eigenvalue weighted by molar-refractivity contribution is 5.48. The van der Waals surface area contributed by atoms with Gasteiger partial charge in [-0.05, 0) is 50.3 Å². The Morgan fingerprint density at radius 3 is 2.32 bits per heavy atom. The molecule has 1 aromatic rings. The standard InChI is InChI=1S/C17H28N2/c1-3-15(18)13-14-9-11-17(12-10-14)19(4-2)16-7-5-6-8-16/h9-12,15-16H,3-8,13,18H2,1-2H3. The molecule has 0 heterocycles. The van der Waals surface area contributed by atoms with E-state index in [4.69, 9.17) is 5.73 Å². The maximum Gasteiger partial charge on any atom is 0.0368 e. The van der Waals surface area contributed by atoms with Gasteiger partial charge in [0.15, 0.2) is 0 Å². The molecule has 1 unspecified atom stereocenters. The predicted molar refractivity (Wildman–Crippen MR) is 83.7 cm³/mol. The van der Waals surface area contributed by atoms with Gasteiger partial charge in [-0.2, -0.15) is 0 Å². The minimum Gasteiger partial charge on any atom is -0.369 e. The van der Waals surface area contributed by atoms with Crippen molar-refractivity contribution in [1.82, 2.24) is 0 Å². The molecule has 0 bridgehead atoms. The molecular formula is C17H28N2. The van der Waals surface area contributed by atoms with Gasteiger partial charge in [-0.15, -0.1) is 0 Å². The van der Waals surface area contributed by atoms with Gasteiger partial charge in [-0.1, -0.05) is 31.9 Å². The molecule has 0 aliphatic heterocycles. The zero-order valence-electron chi connectivity index (χ0n) is 12.4. The lowest BCUT2D eigenvalue weighted by Crippen LogP contribution is -2.32. The number of hydrogen-bond donors (Lipinski definition) is 1. The van der Waals surface area contributed by atoms with Gasteiger partial charge in [0.25, 0.3) is 0 Å². The molecule has 2 nitrogen and oxygen atoms in total. The average Bonchev–Trinajstić information content (AvgIpc) is 2.95. The van der Waals surface area contributed by atoms with Gasteiger partial charge in [0.05, 0.1) is 0 Å². The monoisotopic (exact) mass is 260 g/mol. The van der Waals surface area contributed by atoms with Crippen molar-refractivity contribution in [1.29, 1.82) is 0 Å². The fourth-order valence-electron chi connectivity index (χ4n) is 3.14. The SMILES string of the molecule is CCC(N)Cc1ccc(N(CC)C2CCCC2)cc1. The molecule has 0 saturated heterocycles. The minimum absolute atomic E-state index is 0.294. The fraction of sp³-hybridized carbons (Fsp3) is 0.647. The molecule has 1 fully saturated rings. The van der Waals surface area contributed by atoms with Crippen molar-refractivity contribution in [3.63, 3.8) is 0 Å². The molecule has 0 radical (unpaired) electrons. The van der Waals surface area contributed by atoms with Crippen LogP contribution in [0.3, 0.4) is 0 Å². The molecule has 106 valence electrons. The Morgan fingerprint density at radius 1 is 1.16 bits per heavy atom. The van der Waals surface area contributed by atoms with Crippen LogP contribution < -0.4 is 10.6 Å². The quantitative estimate of drug-likeness (QED) is 0.844.